The smallest absolute Gasteiger partial charge is 0.347 e. The number of ether oxygens (including phenoxy) is 4. The number of hydrogen-bond donors (Lipinski definition) is 0. The number of rotatable bonds is 11. The lowest BCUT2D eigenvalue weighted by Crippen LogP contribution is -2.34. The van der Waals surface area contributed by atoms with Crippen LogP contribution >= 0.6 is 23.2 Å². The molecule has 1 aromatic carbocycles. The van der Waals surface area contributed by atoms with Gasteiger partial charge in [-0.15, -0.1) is 0 Å². The Morgan fingerprint density at radius 1 is 0.968 bits per heavy atom. The van der Waals surface area contributed by atoms with E-state index in [4.69, 9.17) is 42.1 Å². The third-order valence-electron chi connectivity index (χ3n) is 3.94. The van der Waals surface area contributed by atoms with Crippen molar-refractivity contribution in [3.8, 4) is 5.75 Å². The molecule has 0 spiro atoms. The van der Waals surface area contributed by atoms with Gasteiger partial charge in [0, 0.05) is 5.56 Å². The van der Waals surface area contributed by atoms with Gasteiger partial charge in [-0.3, -0.25) is 4.79 Å². The molecule has 1 rings (SSSR count). The number of allylic oxidation sites excluding steroid dienone is 1. The van der Waals surface area contributed by atoms with Crippen molar-refractivity contribution < 1.29 is 38.1 Å². The first kappa shape index (κ1) is 26.5. The van der Waals surface area contributed by atoms with E-state index in [2.05, 4.69) is 6.58 Å². The van der Waals surface area contributed by atoms with Gasteiger partial charge in [-0.05, 0) is 44.9 Å². The van der Waals surface area contributed by atoms with Crippen LogP contribution in [0, 0.1) is 0 Å². The number of hydrogen-bond acceptors (Lipinski definition) is 8. The van der Waals surface area contributed by atoms with Gasteiger partial charge in [0.1, 0.15) is 10.8 Å². The van der Waals surface area contributed by atoms with Crippen LogP contribution in [0.1, 0.15) is 44.5 Å². The van der Waals surface area contributed by atoms with Crippen molar-refractivity contribution in [1.82, 2.24) is 0 Å². The van der Waals surface area contributed by atoms with Crippen LogP contribution in [0.15, 0.2) is 24.3 Å². The first-order valence-corrected chi connectivity index (χ1v) is 10.2. The fraction of sp³-hybridized carbons (Fsp3) is 0.429. The number of Topliss-reactive ketones (excluding diaryl/α,β-unsaturated/α-hetero) is 1. The lowest BCUT2D eigenvalue weighted by molar-refractivity contribution is -0.177. The number of carbonyl (C=O) groups is 4. The predicted octanol–water partition coefficient (Wildman–Crippen LogP) is 3.95. The zero-order valence-electron chi connectivity index (χ0n) is 17.7. The summed E-state index contributed by atoms with van der Waals surface area (Å²) < 4.78 is 19.8. The molecule has 31 heavy (non-hydrogen) atoms. The fourth-order valence-electron chi connectivity index (χ4n) is 2.16. The Balaban J connectivity index is 2.67. The molecule has 170 valence electrons. The van der Waals surface area contributed by atoms with Crippen LogP contribution < -0.4 is 4.74 Å². The number of ketones is 1. The molecule has 1 aromatic rings. The maximum atomic E-state index is 12.2. The third kappa shape index (κ3) is 7.56. The maximum absolute atomic E-state index is 12.2. The van der Waals surface area contributed by atoms with E-state index < -0.39 is 36.7 Å². The molecule has 0 aliphatic heterocycles. The van der Waals surface area contributed by atoms with Gasteiger partial charge < -0.3 is 18.9 Å². The molecule has 0 heterocycles. The van der Waals surface area contributed by atoms with Gasteiger partial charge >= 0.3 is 17.9 Å². The van der Waals surface area contributed by atoms with Crippen LogP contribution in [0.5, 0.6) is 5.75 Å². The molecule has 0 fully saturated rings. The largest absolute Gasteiger partial charge is 0.480 e. The minimum atomic E-state index is -1.29. The van der Waals surface area contributed by atoms with Gasteiger partial charge in [0.05, 0.1) is 11.6 Å². The molecular weight excluding hydrogens is 451 g/mol. The lowest BCUT2D eigenvalue weighted by atomic mass is 10.0. The summed E-state index contributed by atoms with van der Waals surface area (Å²) in [6.07, 6.45) is -1.97. The first-order chi connectivity index (χ1) is 14.5. The topological polar surface area (TPSA) is 105 Å². The summed E-state index contributed by atoms with van der Waals surface area (Å²) in [5.41, 5.74) is 0.536. The van der Waals surface area contributed by atoms with Crippen LogP contribution in [0.3, 0.4) is 0 Å². The summed E-state index contributed by atoms with van der Waals surface area (Å²) in [7, 11) is 0. The van der Waals surface area contributed by atoms with E-state index in [1.165, 1.54) is 26.0 Å². The third-order valence-corrected chi connectivity index (χ3v) is 4.80. The molecule has 8 nitrogen and oxygen atoms in total. The first-order valence-electron chi connectivity index (χ1n) is 9.43. The fourth-order valence-corrected chi connectivity index (χ4v) is 2.62. The monoisotopic (exact) mass is 474 g/mol. The van der Waals surface area contributed by atoms with Crippen molar-refractivity contribution in [2.75, 3.05) is 13.2 Å². The maximum Gasteiger partial charge on any atom is 0.347 e. The highest BCUT2D eigenvalue weighted by atomic mass is 35.5. The van der Waals surface area contributed by atoms with Gasteiger partial charge in [0.2, 0.25) is 0 Å². The molecule has 0 amide bonds. The Bertz CT molecular complexity index is 865. The molecule has 0 aliphatic carbocycles. The van der Waals surface area contributed by atoms with Crippen molar-refractivity contribution >= 4 is 46.9 Å². The second kappa shape index (κ2) is 12.3. The Labute approximate surface area is 190 Å². The average Bonchev–Trinajstić information content (AvgIpc) is 2.73. The molecular formula is C21H24Cl2O8. The summed E-state index contributed by atoms with van der Waals surface area (Å²) in [6, 6.07) is 2.80. The summed E-state index contributed by atoms with van der Waals surface area (Å²) in [5, 5.41) is -0.0861. The molecule has 2 atom stereocenters. The van der Waals surface area contributed by atoms with Gasteiger partial charge in [-0.2, -0.15) is 0 Å². The predicted molar refractivity (Wildman–Crippen MR) is 113 cm³/mol. The van der Waals surface area contributed by atoms with Crippen molar-refractivity contribution in [2.24, 2.45) is 0 Å². The van der Waals surface area contributed by atoms with Crippen LogP contribution in [0.25, 0.3) is 0 Å². The van der Waals surface area contributed by atoms with E-state index in [0.29, 0.717) is 12.0 Å². The van der Waals surface area contributed by atoms with Crippen LogP contribution in [-0.4, -0.2) is 49.1 Å². The molecule has 0 saturated heterocycles. The molecule has 0 radical (unpaired) electrons. The standard InChI is InChI=1S/C21H24Cl2O8/c1-6-11(3)19(25)14-8-9-15(18(23)17(14)22)29-10-16(24)30-13(5)21(27)31-12(4)20(26)28-7-2/h8-9,12-13H,3,6-7,10H2,1-2,4-5H3/t12-,13-/m1/s1. The summed E-state index contributed by atoms with van der Waals surface area (Å²) in [4.78, 5) is 47.6. The van der Waals surface area contributed by atoms with Gasteiger partial charge in [-0.25, -0.2) is 14.4 Å². The highest BCUT2D eigenvalue weighted by molar-refractivity contribution is 6.45. The Kier molecular flexibility index (Phi) is 10.5. The Morgan fingerprint density at radius 2 is 1.58 bits per heavy atom. The minimum Gasteiger partial charge on any atom is -0.480 e. The van der Waals surface area contributed by atoms with Crippen LogP contribution in [0.4, 0.5) is 0 Å². The summed E-state index contributed by atoms with van der Waals surface area (Å²) in [5.74, 6) is -2.82. The van der Waals surface area contributed by atoms with Crippen molar-refractivity contribution in [1.29, 1.82) is 0 Å². The molecule has 0 aliphatic rings. The molecule has 0 bridgehead atoms. The van der Waals surface area contributed by atoms with Crippen molar-refractivity contribution in [3.63, 3.8) is 0 Å². The lowest BCUT2D eigenvalue weighted by Gasteiger charge is -2.16. The number of benzene rings is 1. The van der Waals surface area contributed by atoms with Gasteiger partial charge in [0.25, 0.3) is 0 Å². The van der Waals surface area contributed by atoms with Crippen LogP contribution in [0.2, 0.25) is 10.0 Å². The van der Waals surface area contributed by atoms with Crippen molar-refractivity contribution in [3.05, 3.63) is 39.9 Å². The molecule has 10 heteroatoms. The van der Waals surface area contributed by atoms with E-state index in [1.54, 1.807) is 13.8 Å². The minimum absolute atomic E-state index is 0.0305. The molecule has 0 aromatic heterocycles. The number of halogens is 2. The Morgan fingerprint density at radius 3 is 2.16 bits per heavy atom. The summed E-state index contributed by atoms with van der Waals surface area (Å²) in [6.45, 7) is 9.24. The SMILES string of the molecule is C=C(CC)C(=O)c1ccc(OCC(=O)O[C@H](C)C(=O)O[C@H](C)C(=O)OCC)c(Cl)c1Cl. The highest BCUT2D eigenvalue weighted by Crippen LogP contribution is 2.35. The quantitative estimate of drug-likeness (QED) is 0.205. The number of carbonyl (C=O) groups excluding carboxylic acids is 4. The average molecular weight is 475 g/mol. The van der Waals surface area contributed by atoms with E-state index in [1.807, 2.05) is 0 Å². The second-order valence-electron chi connectivity index (χ2n) is 6.28. The van der Waals surface area contributed by atoms with E-state index >= 15 is 0 Å². The second-order valence-corrected chi connectivity index (χ2v) is 7.03. The van der Waals surface area contributed by atoms with E-state index in [0.717, 1.165) is 0 Å². The normalized spacial score (nSPS) is 12.3. The zero-order valence-corrected chi connectivity index (χ0v) is 19.2. The Hall–Kier alpha value is -2.58. The highest BCUT2D eigenvalue weighted by Gasteiger charge is 2.26. The van der Waals surface area contributed by atoms with E-state index in [9.17, 15) is 19.2 Å². The van der Waals surface area contributed by atoms with Gasteiger partial charge in [-0.1, -0.05) is 36.7 Å². The van der Waals surface area contributed by atoms with Crippen LogP contribution in [-0.2, 0) is 28.6 Å². The van der Waals surface area contributed by atoms with Crippen molar-refractivity contribution in [2.45, 2.75) is 46.3 Å². The molecule has 0 saturated carbocycles. The number of esters is 3. The molecule has 0 N–H and O–H groups in total. The van der Waals surface area contributed by atoms with Gasteiger partial charge in [0.15, 0.2) is 24.6 Å². The summed E-state index contributed by atoms with van der Waals surface area (Å²) >= 11 is 12.3. The zero-order chi connectivity index (χ0) is 23.7. The molecule has 0 unspecified atom stereocenters. The van der Waals surface area contributed by atoms with E-state index in [-0.39, 0.29) is 33.7 Å².